The molecule has 0 bridgehead atoms. The van der Waals surface area contributed by atoms with E-state index in [1.807, 2.05) is 6.07 Å². The van der Waals surface area contributed by atoms with Gasteiger partial charge < -0.3 is 5.32 Å². The quantitative estimate of drug-likeness (QED) is 0.499. The third-order valence-electron chi connectivity index (χ3n) is 6.22. The Labute approximate surface area is 202 Å². The summed E-state index contributed by atoms with van der Waals surface area (Å²) < 4.78 is 25.1. The van der Waals surface area contributed by atoms with Crippen molar-refractivity contribution >= 4 is 15.7 Å². The molecule has 0 unspecified atom stereocenters. The van der Waals surface area contributed by atoms with Crippen molar-refractivity contribution in [3.8, 4) is 0 Å². The van der Waals surface area contributed by atoms with Gasteiger partial charge in [-0.3, -0.25) is 9.69 Å². The summed E-state index contributed by atoms with van der Waals surface area (Å²) in [5, 5.41) is 2.98. The SMILES string of the molecule is O=C(NCc1cccc(CN2CCCCCC2)c1)c1ccc(CS(=O)(=O)c2ccccc2)cc1. The van der Waals surface area contributed by atoms with E-state index >= 15 is 0 Å². The molecule has 1 aliphatic heterocycles. The lowest BCUT2D eigenvalue weighted by atomic mass is 10.1. The lowest BCUT2D eigenvalue weighted by Gasteiger charge is -2.20. The van der Waals surface area contributed by atoms with E-state index in [2.05, 4.69) is 28.4 Å². The number of carbonyl (C=O) groups is 1. The molecule has 1 saturated heterocycles. The van der Waals surface area contributed by atoms with Gasteiger partial charge in [-0.2, -0.15) is 0 Å². The number of nitrogens with zero attached hydrogens (tertiary/aromatic N) is 1. The topological polar surface area (TPSA) is 66.5 Å². The number of amides is 1. The van der Waals surface area contributed by atoms with E-state index < -0.39 is 9.84 Å². The molecule has 4 rings (SSSR count). The second kappa shape index (κ2) is 11.4. The van der Waals surface area contributed by atoms with Crippen LogP contribution < -0.4 is 5.32 Å². The molecule has 3 aromatic rings. The summed E-state index contributed by atoms with van der Waals surface area (Å²) in [4.78, 5) is 15.5. The van der Waals surface area contributed by atoms with Crippen LogP contribution >= 0.6 is 0 Å². The summed E-state index contributed by atoms with van der Waals surface area (Å²) in [7, 11) is -3.41. The van der Waals surface area contributed by atoms with Crippen LogP contribution in [0.3, 0.4) is 0 Å². The fourth-order valence-electron chi connectivity index (χ4n) is 4.36. The standard InChI is InChI=1S/C28H32N2O3S/c31-28(26-15-13-23(14-16-26)22-34(32,33)27-11-4-3-5-12-27)29-20-24-9-8-10-25(19-24)21-30-17-6-1-2-7-18-30/h3-5,8-16,19H,1-2,6-7,17-18,20-22H2,(H,29,31). The molecular formula is C28H32N2O3S. The maximum atomic E-state index is 12.6. The summed E-state index contributed by atoms with van der Waals surface area (Å²) in [6, 6.07) is 23.6. The summed E-state index contributed by atoms with van der Waals surface area (Å²) >= 11 is 0. The van der Waals surface area contributed by atoms with E-state index in [-0.39, 0.29) is 11.7 Å². The molecule has 1 amide bonds. The summed E-state index contributed by atoms with van der Waals surface area (Å²) in [6.07, 6.45) is 5.19. The number of nitrogens with one attached hydrogen (secondary N) is 1. The molecule has 0 aromatic heterocycles. The van der Waals surface area contributed by atoms with Crippen LogP contribution in [0.2, 0.25) is 0 Å². The average molecular weight is 477 g/mol. The van der Waals surface area contributed by atoms with Crippen molar-refractivity contribution in [2.45, 2.75) is 49.4 Å². The monoisotopic (exact) mass is 476 g/mol. The van der Waals surface area contributed by atoms with Crippen molar-refractivity contribution in [3.05, 3.63) is 101 Å². The molecule has 178 valence electrons. The number of carbonyl (C=O) groups excluding carboxylic acids is 1. The van der Waals surface area contributed by atoms with E-state index in [1.165, 1.54) is 31.2 Å². The second-order valence-electron chi connectivity index (χ2n) is 8.96. The summed E-state index contributed by atoms with van der Waals surface area (Å²) in [6.45, 7) is 3.72. The van der Waals surface area contributed by atoms with Crippen molar-refractivity contribution in [2.24, 2.45) is 0 Å². The smallest absolute Gasteiger partial charge is 0.251 e. The van der Waals surface area contributed by atoms with Crippen molar-refractivity contribution in [1.82, 2.24) is 10.2 Å². The highest BCUT2D eigenvalue weighted by atomic mass is 32.2. The lowest BCUT2D eigenvalue weighted by Crippen LogP contribution is -2.24. The Morgan fingerprint density at radius 3 is 2.15 bits per heavy atom. The molecule has 1 heterocycles. The third-order valence-corrected chi connectivity index (χ3v) is 7.93. The van der Waals surface area contributed by atoms with Crippen LogP contribution in [-0.4, -0.2) is 32.3 Å². The van der Waals surface area contributed by atoms with Gasteiger partial charge in [0, 0.05) is 18.7 Å². The third kappa shape index (κ3) is 6.78. The first-order chi connectivity index (χ1) is 16.5. The van der Waals surface area contributed by atoms with Gasteiger partial charge in [0.1, 0.15) is 0 Å². The van der Waals surface area contributed by atoms with Crippen LogP contribution in [0.25, 0.3) is 0 Å². The number of likely N-dealkylation sites (tertiary alicyclic amines) is 1. The second-order valence-corrected chi connectivity index (χ2v) is 11.0. The fraction of sp³-hybridized carbons (Fsp3) is 0.321. The van der Waals surface area contributed by atoms with Gasteiger partial charge in [0.25, 0.3) is 5.91 Å². The first-order valence-corrected chi connectivity index (χ1v) is 13.6. The van der Waals surface area contributed by atoms with Gasteiger partial charge in [-0.05, 0) is 66.9 Å². The fourth-order valence-corrected chi connectivity index (χ4v) is 5.73. The van der Waals surface area contributed by atoms with Crippen LogP contribution in [0, 0.1) is 0 Å². The van der Waals surface area contributed by atoms with Crippen LogP contribution in [0.1, 0.15) is 52.7 Å². The van der Waals surface area contributed by atoms with Gasteiger partial charge in [-0.1, -0.05) is 67.4 Å². The Morgan fingerprint density at radius 2 is 1.44 bits per heavy atom. The molecule has 1 fully saturated rings. The highest BCUT2D eigenvalue weighted by Crippen LogP contribution is 2.17. The van der Waals surface area contributed by atoms with Crippen molar-refractivity contribution in [1.29, 1.82) is 0 Å². The van der Waals surface area contributed by atoms with Crippen LogP contribution in [-0.2, 0) is 28.7 Å². The Balaban J connectivity index is 1.32. The molecule has 0 radical (unpaired) electrons. The van der Waals surface area contributed by atoms with Gasteiger partial charge in [-0.15, -0.1) is 0 Å². The Kier molecular flexibility index (Phi) is 8.14. The Bertz CT molecular complexity index is 1180. The van der Waals surface area contributed by atoms with E-state index in [0.29, 0.717) is 22.6 Å². The molecular weight excluding hydrogens is 444 g/mol. The molecule has 6 heteroatoms. The highest BCUT2D eigenvalue weighted by Gasteiger charge is 2.15. The Morgan fingerprint density at radius 1 is 0.765 bits per heavy atom. The maximum Gasteiger partial charge on any atom is 0.251 e. The van der Waals surface area contributed by atoms with Gasteiger partial charge in [0.15, 0.2) is 9.84 Å². The first kappa shape index (κ1) is 24.2. The molecule has 1 aliphatic rings. The molecule has 0 atom stereocenters. The van der Waals surface area contributed by atoms with Gasteiger partial charge in [0.2, 0.25) is 0 Å². The number of hydrogen-bond acceptors (Lipinski definition) is 4. The zero-order chi connectivity index (χ0) is 23.8. The van der Waals surface area contributed by atoms with Crippen molar-refractivity contribution in [3.63, 3.8) is 0 Å². The molecule has 5 nitrogen and oxygen atoms in total. The minimum absolute atomic E-state index is 0.0945. The van der Waals surface area contributed by atoms with E-state index in [0.717, 1.165) is 25.2 Å². The highest BCUT2D eigenvalue weighted by molar-refractivity contribution is 7.90. The first-order valence-electron chi connectivity index (χ1n) is 11.9. The maximum absolute atomic E-state index is 12.6. The van der Waals surface area contributed by atoms with E-state index in [9.17, 15) is 13.2 Å². The van der Waals surface area contributed by atoms with E-state index in [1.54, 1.807) is 54.6 Å². The van der Waals surface area contributed by atoms with E-state index in [4.69, 9.17) is 0 Å². The minimum atomic E-state index is -3.41. The molecule has 0 spiro atoms. The van der Waals surface area contributed by atoms with Gasteiger partial charge >= 0.3 is 0 Å². The minimum Gasteiger partial charge on any atom is -0.348 e. The average Bonchev–Trinajstić information content (AvgIpc) is 3.12. The normalized spacial score (nSPS) is 14.9. The van der Waals surface area contributed by atoms with Crippen LogP contribution in [0.5, 0.6) is 0 Å². The predicted octanol–water partition coefficient (Wildman–Crippen LogP) is 4.97. The van der Waals surface area contributed by atoms with Crippen molar-refractivity contribution in [2.75, 3.05) is 13.1 Å². The Hall–Kier alpha value is -2.96. The predicted molar refractivity (Wildman–Crippen MR) is 135 cm³/mol. The molecule has 0 aliphatic carbocycles. The summed E-state index contributed by atoms with van der Waals surface area (Å²) in [5.41, 5.74) is 3.52. The zero-order valence-electron chi connectivity index (χ0n) is 19.4. The molecule has 34 heavy (non-hydrogen) atoms. The number of benzene rings is 3. The number of rotatable bonds is 8. The summed E-state index contributed by atoms with van der Waals surface area (Å²) in [5.74, 6) is -0.265. The van der Waals surface area contributed by atoms with Crippen LogP contribution in [0.4, 0.5) is 0 Å². The molecule has 1 N–H and O–H groups in total. The molecule has 0 saturated carbocycles. The zero-order valence-corrected chi connectivity index (χ0v) is 20.3. The van der Waals surface area contributed by atoms with Crippen LogP contribution in [0.15, 0.2) is 83.8 Å². The largest absolute Gasteiger partial charge is 0.348 e. The van der Waals surface area contributed by atoms with Gasteiger partial charge in [0.05, 0.1) is 10.6 Å². The molecule has 3 aromatic carbocycles. The van der Waals surface area contributed by atoms with Crippen molar-refractivity contribution < 1.29 is 13.2 Å². The lowest BCUT2D eigenvalue weighted by molar-refractivity contribution is 0.0951. The van der Waals surface area contributed by atoms with Gasteiger partial charge in [-0.25, -0.2) is 8.42 Å². The number of sulfone groups is 1. The number of hydrogen-bond donors (Lipinski definition) is 1.